The van der Waals surface area contributed by atoms with E-state index in [0.29, 0.717) is 190 Å². The molecule has 29 heteroatoms. The minimum absolute atomic E-state index is 0. The van der Waals surface area contributed by atoms with Crippen molar-refractivity contribution in [2.75, 3.05) is 183 Å². The van der Waals surface area contributed by atoms with Gasteiger partial charge in [0.25, 0.3) is 0 Å². The summed E-state index contributed by atoms with van der Waals surface area (Å²) in [7, 11) is 4.21. The van der Waals surface area contributed by atoms with Crippen LogP contribution in [0, 0.1) is 0 Å². The molecule has 2 aliphatic rings. The molecule has 4 N–H and O–H groups in total. The van der Waals surface area contributed by atoms with E-state index in [0.717, 1.165) is 59.8 Å². The molecule has 2 aliphatic heterocycles. The predicted molar refractivity (Wildman–Crippen MR) is 376 cm³/mol. The number of urea groups is 2. The number of aromatic nitrogens is 6. The maximum Gasteiger partial charge on any atom is 0.319 e. The second-order valence-electron chi connectivity index (χ2n) is 22.9. The van der Waals surface area contributed by atoms with Gasteiger partial charge in [-0.1, -0.05) is 93.2 Å². The Balaban J connectivity index is 0.0000120. The fraction of sp³-hybridized carbons (Fsp3) is 0.471. The lowest BCUT2D eigenvalue weighted by Crippen LogP contribution is -2.32. The number of nitrogens with one attached hydrogen (secondary N) is 4. The lowest BCUT2D eigenvalue weighted by molar-refractivity contribution is -0.0113. The van der Waals surface area contributed by atoms with Gasteiger partial charge in [0, 0.05) is 93.7 Å². The largest absolute Gasteiger partial charge is 0.377 e. The lowest BCUT2D eigenvalue weighted by Gasteiger charge is -2.33. The number of rotatable bonds is 42. The molecule has 5 aromatic carbocycles. The molecule has 0 aliphatic carbocycles. The van der Waals surface area contributed by atoms with Gasteiger partial charge in [0.05, 0.1) is 158 Å². The van der Waals surface area contributed by atoms with Crippen LogP contribution in [-0.4, -0.2) is 224 Å². The van der Waals surface area contributed by atoms with E-state index in [1.807, 2.05) is 48.8 Å². The van der Waals surface area contributed by atoms with Gasteiger partial charge in [-0.15, -0.1) is 22.6 Å². The maximum absolute atomic E-state index is 12.4. The Kier molecular flexibility index (Phi) is 33.3. The summed E-state index contributed by atoms with van der Waals surface area (Å²) in [5, 5.41) is 31.2. The third kappa shape index (κ3) is 25.9. The molecule has 0 bridgehead atoms. The van der Waals surface area contributed by atoms with Crippen LogP contribution in [0.3, 0.4) is 0 Å². The molecular formula is C68H87Cl5N12O12. The molecule has 4 heterocycles. The number of fused-ring (bicyclic) bond motifs is 2. The highest BCUT2D eigenvalue weighted by Crippen LogP contribution is 2.41. The van der Waals surface area contributed by atoms with E-state index < -0.39 is 0 Å². The zero-order valence-corrected chi connectivity index (χ0v) is 58.6. The minimum Gasteiger partial charge on any atom is -0.377 e. The summed E-state index contributed by atoms with van der Waals surface area (Å²) in [6.07, 6.45) is 3.86. The van der Waals surface area contributed by atoms with Crippen molar-refractivity contribution in [3.05, 3.63) is 163 Å². The van der Waals surface area contributed by atoms with Gasteiger partial charge in [-0.05, 0) is 108 Å². The van der Waals surface area contributed by atoms with Crippen molar-refractivity contribution in [1.29, 1.82) is 0 Å². The van der Waals surface area contributed by atoms with Crippen molar-refractivity contribution >= 4 is 82.2 Å². The molecule has 9 rings (SSSR count). The highest BCUT2D eigenvalue weighted by atomic mass is 35.5. The van der Waals surface area contributed by atoms with E-state index in [4.69, 9.17) is 93.8 Å². The highest BCUT2D eigenvalue weighted by molar-refractivity contribution is 6.35. The number of hydrogen-bond acceptors (Lipinski definition) is 18. The lowest BCUT2D eigenvalue weighted by atomic mass is 9.84. The standard InChI is InChI=1S/C68H86Cl4N12O12.ClH/c1-81-43-59(57-39-53(69)41-63(71)61(57)45-81)49-5-3-7-51(37-49)65-47-83(79-77-65)15-19-89-23-27-93-31-35-95-33-29-91-25-21-87-17-13-73-67(85)75-55-9-11-56(12-10-55)76-68(86)74-14-18-88-22-26-92-30-34-96-36-32-94-28-24-90-20-16-84-48-66(78-80-84)52-8-4-6-50(38-52)60-44-82(2)46-62-58(60)40-54(70)42-64(62)72;/h3-12,37-42,47-48,59-60H,13-36,43-46H2,1-2H3,(H2,73,75,85)(H2,74,76,86);1H/t59-,60+;. The van der Waals surface area contributed by atoms with Gasteiger partial charge in [-0.3, -0.25) is 0 Å². The van der Waals surface area contributed by atoms with Crippen LogP contribution in [-0.2, 0) is 73.5 Å². The molecule has 0 spiro atoms. The number of carbonyl (C=O) groups is 2. The van der Waals surface area contributed by atoms with Crippen molar-refractivity contribution in [2.45, 2.75) is 38.0 Å². The molecule has 0 saturated heterocycles. The summed E-state index contributed by atoms with van der Waals surface area (Å²) in [6.45, 7) is 13.4. The second kappa shape index (κ2) is 42.1. The normalized spacial score (nSPS) is 14.6. The quantitative estimate of drug-likeness (QED) is 0.0260. The second-order valence-corrected chi connectivity index (χ2v) is 24.5. The SMILES string of the molecule is CN1Cc2c(Cl)cc(Cl)cc2[C@@H](c2cccc(-c3cn(CCOCCOCCOCCOCCOCCNC(=O)Nc4ccc(NC(=O)NCCOCCOCCOCCOCCOCCn5cc(-c6cccc([C@@H]7CN(C)Cc8c(Cl)cc(Cl)cc87)c6)nn5)cc4)nn3)c2)C1.Cl. The summed E-state index contributed by atoms with van der Waals surface area (Å²) in [5.74, 6) is 0.268. The number of anilines is 2. The van der Waals surface area contributed by atoms with E-state index in [1.165, 1.54) is 22.3 Å². The third-order valence-corrected chi connectivity index (χ3v) is 16.7. The number of likely N-dealkylation sites (N-methyl/N-ethyl adjacent to an activating group) is 2. The van der Waals surface area contributed by atoms with Gasteiger partial charge < -0.3 is 78.4 Å². The molecule has 4 amide bonds. The smallest absolute Gasteiger partial charge is 0.319 e. The molecule has 0 unspecified atom stereocenters. The molecule has 7 aromatic rings. The van der Waals surface area contributed by atoms with Crippen LogP contribution in [0.15, 0.2) is 109 Å². The Morgan fingerprint density at radius 3 is 1.12 bits per heavy atom. The molecular weight excluding hydrogens is 1350 g/mol. The summed E-state index contributed by atoms with van der Waals surface area (Å²) >= 11 is 26.0. The summed E-state index contributed by atoms with van der Waals surface area (Å²) in [4.78, 5) is 29.3. The zero-order valence-electron chi connectivity index (χ0n) is 54.7. The number of ether oxygens (including phenoxy) is 10. The first-order valence-corrected chi connectivity index (χ1v) is 33.7. The van der Waals surface area contributed by atoms with E-state index in [2.05, 4.69) is 102 Å². The first-order valence-electron chi connectivity index (χ1n) is 32.2. The van der Waals surface area contributed by atoms with Crippen LogP contribution in [0.1, 0.15) is 45.2 Å². The number of hydrogen-bond donors (Lipinski definition) is 4. The van der Waals surface area contributed by atoms with Gasteiger partial charge >= 0.3 is 12.1 Å². The number of amides is 4. The Morgan fingerprint density at radius 2 is 0.773 bits per heavy atom. The molecule has 2 atom stereocenters. The number of carbonyl (C=O) groups excluding carboxylic acids is 2. The molecule has 24 nitrogen and oxygen atoms in total. The Hall–Kier alpha value is -6.11. The summed E-state index contributed by atoms with van der Waals surface area (Å²) in [6, 6.07) is 30.5. The molecule has 97 heavy (non-hydrogen) atoms. The summed E-state index contributed by atoms with van der Waals surface area (Å²) in [5.41, 5.74) is 11.6. The number of halogens is 5. The van der Waals surface area contributed by atoms with Crippen molar-refractivity contribution in [3.63, 3.8) is 0 Å². The Labute approximate surface area is 592 Å². The van der Waals surface area contributed by atoms with E-state index in [9.17, 15) is 9.59 Å². The van der Waals surface area contributed by atoms with Gasteiger partial charge in [0.1, 0.15) is 11.4 Å². The van der Waals surface area contributed by atoms with Crippen molar-refractivity contribution < 1.29 is 57.0 Å². The molecule has 2 aromatic heterocycles. The summed E-state index contributed by atoms with van der Waals surface area (Å²) < 4.78 is 59.8. The van der Waals surface area contributed by atoms with E-state index >= 15 is 0 Å². The van der Waals surface area contributed by atoms with E-state index in [-0.39, 0.29) is 36.3 Å². The van der Waals surface area contributed by atoms with Gasteiger partial charge in [0.15, 0.2) is 0 Å². The van der Waals surface area contributed by atoms with Crippen molar-refractivity contribution in [1.82, 2.24) is 50.4 Å². The third-order valence-electron chi connectivity index (χ3n) is 15.6. The van der Waals surface area contributed by atoms with Crippen LogP contribution in [0.2, 0.25) is 20.1 Å². The van der Waals surface area contributed by atoms with Crippen LogP contribution < -0.4 is 21.3 Å². The molecule has 0 fully saturated rings. The molecule has 0 radical (unpaired) electrons. The van der Waals surface area contributed by atoms with Gasteiger partial charge in [0.2, 0.25) is 0 Å². The van der Waals surface area contributed by atoms with Crippen LogP contribution in [0.5, 0.6) is 0 Å². The number of nitrogens with zero attached hydrogens (tertiary/aromatic N) is 8. The average molecular weight is 1440 g/mol. The van der Waals surface area contributed by atoms with Crippen molar-refractivity contribution in [3.8, 4) is 22.5 Å². The molecule has 526 valence electrons. The van der Waals surface area contributed by atoms with Gasteiger partial charge in [-0.2, -0.15) is 0 Å². The first kappa shape index (κ1) is 76.6. The zero-order chi connectivity index (χ0) is 67.1. The average Bonchev–Trinajstić information content (AvgIpc) is 1.20. The fourth-order valence-electron chi connectivity index (χ4n) is 10.9. The fourth-order valence-corrected chi connectivity index (χ4v) is 12.0. The highest BCUT2D eigenvalue weighted by Gasteiger charge is 2.29. The Bertz CT molecular complexity index is 3280. The first-order chi connectivity index (χ1) is 46.9. The molecule has 0 saturated carbocycles. The van der Waals surface area contributed by atoms with Crippen molar-refractivity contribution in [2.24, 2.45) is 0 Å². The minimum atomic E-state index is -0.383. The predicted octanol–water partition coefficient (Wildman–Crippen LogP) is 10.2. The number of benzene rings is 5. The topological polar surface area (TPSA) is 242 Å². The van der Waals surface area contributed by atoms with E-state index in [1.54, 1.807) is 33.6 Å². The maximum atomic E-state index is 12.4. The Morgan fingerprint density at radius 1 is 0.443 bits per heavy atom. The van der Waals surface area contributed by atoms with Gasteiger partial charge in [-0.25, -0.2) is 19.0 Å². The van der Waals surface area contributed by atoms with Crippen LogP contribution in [0.4, 0.5) is 21.0 Å². The van der Waals surface area contributed by atoms with Crippen LogP contribution >= 0.6 is 58.8 Å². The van der Waals surface area contributed by atoms with Crippen LogP contribution in [0.25, 0.3) is 22.5 Å². The monoisotopic (exact) mass is 1440 g/mol.